The lowest BCUT2D eigenvalue weighted by Crippen LogP contribution is -2.43. The van der Waals surface area contributed by atoms with Gasteiger partial charge in [0.25, 0.3) is 11.5 Å². The van der Waals surface area contributed by atoms with E-state index < -0.39 is 0 Å². The van der Waals surface area contributed by atoms with E-state index in [0.717, 1.165) is 19.3 Å². The van der Waals surface area contributed by atoms with Crippen LogP contribution >= 0.6 is 24.0 Å². The van der Waals surface area contributed by atoms with Gasteiger partial charge in [0.05, 0.1) is 17.4 Å². The van der Waals surface area contributed by atoms with Crippen molar-refractivity contribution in [2.45, 2.75) is 111 Å². The molecular formula is C33H48N4O4S2. The highest BCUT2D eigenvalue weighted by atomic mass is 32.2. The molecule has 2 aliphatic heterocycles. The molecular weight excluding hydrogens is 581 g/mol. The zero-order chi connectivity index (χ0) is 31.4. The minimum absolute atomic E-state index is 0.0663. The van der Waals surface area contributed by atoms with E-state index in [0.29, 0.717) is 65.4 Å². The van der Waals surface area contributed by atoms with Crippen molar-refractivity contribution < 1.29 is 14.3 Å². The van der Waals surface area contributed by atoms with E-state index >= 15 is 0 Å². The number of carbonyl (C=O) groups excluding carboxylic acids is 2. The van der Waals surface area contributed by atoms with Crippen molar-refractivity contribution in [1.29, 1.82) is 5.26 Å². The van der Waals surface area contributed by atoms with E-state index in [-0.39, 0.29) is 28.9 Å². The number of thiocarbonyl (C=S) groups is 1. The van der Waals surface area contributed by atoms with Crippen LogP contribution in [0.2, 0.25) is 0 Å². The summed E-state index contributed by atoms with van der Waals surface area (Å²) in [5.41, 5.74) is 0.894. The van der Waals surface area contributed by atoms with Crippen LogP contribution in [0, 0.1) is 24.2 Å². The number of thioether (sulfide) groups is 1. The maximum absolute atomic E-state index is 13.5. The second kappa shape index (κ2) is 17.6. The number of piperidine rings is 1. The highest BCUT2D eigenvalue weighted by Gasteiger charge is 2.34. The summed E-state index contributed by atoms with van der Waals surface area (Å²) in [6.45, 7) is 9.98. The lowest BCUT2D eigenvalue weighted by molar-refractivity contribution is -0.148. The van der Waals surface area contributed by atoms with Gasteiger partial charge in [0.15, 0.2) is 0 Å². The first kappa shape index (κ1) is 34.8. The molecule has 43 heavy (non-hydrogen) atoms. The molecule has 3 heterocycles. The number of hydrogen-bond donors (Lipinski definition) is 0. The standard InChI is InChI=1S/C33H48N4O4S2/c1-5-8-9-10-11-12-13-14-15-16-20-37-31(39)28(43-33(37)42)21-26-24(4)27(22-34)30(38)36(6-2)29(26)35-19-17-18-25(23-35)32(40)41-7-3/h21,25H,5-20,23H2,1-4H3/b28-21-. The molecule has 2 saturated heterocycles. The molecule has 0 bridgehead atoms. The molecule has 10 heteroatoms. The van der Waals surface area contributed by atoms with Crippen molar-refractivity contribution in [3.8, 4) is 6.07 Å². The van der Waals surface area contributed by atoms with Crippen LogP contribution < -0.4 is 10.5 Å². The molecule has 0 saturated carbocycles. The average molecular weight is 629 g/mol. The SMILES string of the molecule is CCCCCCCCCCCCN1C(=O)/C(=C/c2c(C)c(C#N)c(=O)n(CC)c2N2CCCC(C(=O)OCC)C2)SC1=S. The van der Waals surface area contributed by atoms with Gasteiger partial charge < -0.3 is 9.64 Å². The third-order valence-corrected chi connectivity index (χ3v) is 9.77. The first-order chi connectivity index (χ1) is 20.8. The Balaban J connectivity index is 1.79. The molecule has 3 rings (SSSR count). The Kier molecular flexibility index (Phi) is 14.3. The van der Waals surface area contributed by atoms with Gasteiger partial charge in [-0.15, -0.1) is 0 Å². The zero-order valence-corrected chi connectivity index (χ0v) is 28.0. The Morgan fingerprint density at radius 3 is 2.33 bits per heavy atom. The van der Waals surface area contributed by atoms with Gasteiger partial charge in [-0.3, -0.25) is 23.9 Å². The maximum Gasteiger partial charge on any atom is 0.310 e. The molecule has 8 nitrogen and oxygen atoms in total. The van der Waals surface area contributed by atoms with Crippen LogP contribution in [-0.4, -0.2) is 51.9 Å². The van der Waals surface area contributed by atoms with Gasteiger partial charge in [-0.2, -0.15) is 5.26 Å². The third-order valence-electron chi connectivity index (χ3n) is 8.39. The highest BCUT2D eigenvalue weighted by Crippen LogP contribution is 2.37. The molecule has 236 valence electrons. The fourth-order valence-electron chi connectivity index (χ4n) is 5.98. The van der Waals surface area contributed by atoms with Crippen molar-refractivity contribution in [3.05, 3.63) is 31.9 Å². The fourth-order valence-corrected chi connectivity index (χ4v) is 7.27. The molecule has 0 N–H and O–H groups in total. The van der Waals surface area contributed by atoms with Crippen molar-refractivity contribution in [3.63, 3.8) is 0 Å². The summed E-state index contributed by atoms with van der Waals surface area (Å²) >= 11 is 6.89. The quantitative estimate of drug-likeness (QED) is 0.0840. The first-order valence-electron chi connectivity index (χ1n) is 16.1. The monoisotopic (exact) mass is 628 g/mol. The normalized spacial score (nSPS) is 18.0. The van der Waals surface area contributed by atoms with Crippen LogP contribution in [0.3, 0.4) is 0 Å². The van der Waals surface area contributed by atoms with Crippen LogP contribution in [0.1, 0.15) is 115 Å². The summed E-state index contributed by atoms with van der Waals surface area (Å²) in [5.74, 6) is -0.0421. The number of carbonyl (C=O) groups is 2. The summed E-state index contributed by atoms with van der Waals surface area (Å²) in [6, 6.07) is 2.08. The molecule has 1 aromatic heterocycles. The fraction of sp³-hybridized carbons (Fsp3) is 0.667. The molecule has 1 aromatic rings. The Bertz CT molecular complexity index is 1280. The lowest BCUT2D eigenvalue weighted by Gasteiger charge is -2.36. The van der Waals surface area contributed by atoms with E-state index in [1.807, 2.05) is 11.8 Å². The smallest absolute Gasteiger partial charge is 0.310 e. The number of amides is 1. The number of unbranched alkanes of at least 4 members (excludes halogenated alkanes) is 9. The first-order valence-corrected chi connectivity index (χ1v) is 17.4. The summed E-state index contributed by atoms with van der Waals surface area (Å²) in [6.07, 6.45) is 15.5. The number of rotatable bonds is 16. The topological polar surface area (TPSA) is 95.6 Å². The molecule has 2 aliphatic rings. The summed E-state index contributed by atoms with van der Waals surface area (Å²) in [5, 5.41) is 9.88. The molecule has 0 radical (unpaired) electrons. The van der Waals surface area contributed by atoms with Crippen molar-refractivity contribution in [1.82, 2.24) is 9.47 Å². The van der Waals surface area contributed by atoms with E-state index in [4.69, 9.17) is 17.0 Å². The van der Waals surface area contributed by atoms with E-state index in [1.165, 1.54) is 63.1 Å². The van der Waals surface area contributed by atoms with Crippen molar-refractivity contribution in [2.75, 3.05) is 31.1 Å². The maximum atomic E-state index is 13.5. The molecule has 0 spiro atoms. The number of ether oxygens (including phenoxy) is 1. The Morgan fingerprint density at radius 2 is 1.72 bits per heavy atom. The second-order valence-electron chi connectivity index (χ2n) is 11.5. The predicted octanol–water partition coefficient (Wildman–Crippen LogP) is 6.95. The number of nitriles is 1. The number of nitrogens with zero attached hydrogens (tertiary/aromatic N) is 4. The highest BCUT2D eigenvalue weighted by molar-refractivity contribution is 8.26. The summed E-state index contributed by atoms with van der Waals surface area (Å²) in [4.78, 5) is 43.7. The zero-order valence-electron chi connectivity index (χ0n) is 26.4. The van der Waals surface area contributed by atoms with Crippen LogP contribution in [0.15, 0.2) is 9.70 Å². The van der Waals surface area contributed by atoms with E-state index in [9.17, 15) is 19.6 Å². The van der Waals surface area contributed by atoms with Crippen LogP contribution in [-0.2, 0) is 20.9 Å². The van der Waals surface area contributed by atoms with Crippen molar-refractivity contribution >= 4 is 52.1 Å². The molecule has 0 aromatic carbocycles. The van der Waals surface area contributed by atoms with Gasteiger partial charge in [0.1, 0.15) is 21.8 Å². The lowest BCUT2D eigenvalue weighted by atomic mass is 9.96. The Morgan fingerprint density at radius 1 is 1.07 bits per heavy atom. The van der Waals surface area contributed by atoms with Crippen LogP contribution in [0.25, 0.3) is 6.08 Å². The van der Waals surface area contributed by atoms with Gasteiger partial charge in [0, 0.05) is 31.7 Å². The second-order valence-corrected chi connectivity index (χ2v) is 13.1. The van der Waals surface area contributed by atoms with E-state index in [2.05, 4.69) is 13.0 Å². The number of aromatic nitrogens is 1. The van der Waals surface area contributed by atoms with E-state index in [1.54, 1.807) is 29.4 Å². The summed E-state index contributed by atoms with van der Waals surface area (Å²) in [7, 11) is 0. The Labute approximate surface area is 266 Å². The largest absolute Gasteiger partial charge is 0.466 e. The molecule has 1 unspecified atom stereocenters. The molecule has 2 fully saturated rings. The minimum Gasteiger partial charge on any atom is -0.466 e. The van der Waals surface area contributed by atoms with Gasteiger partial charge in [-0.25, -0.2) is 0 Å². The Hall–Kier alpha value is -2.64. The van der Waals surface area contributed by atoms with Gasteiger partial charge in [-0.1, -0.05) is 88.7 Å². The van der Waals surface area contributed by atoms with Crippen LogP contribution in [0.4, 0.5) is 5.82 Å². The minimum atomic E-state index is -0.360. The molecule has 1 atom stereocenters. The summed E-state index contributed by atoms with van der Waals surface area (Å²) < 4.78 is 7.43. The van der Waals surface area contributed by atoms with Gasteiger partial charge in [-0.05, 0) is 51.7 Å². The molecule has 1 amide bonds. The number of esters is 1. The average Bonchev–Trinajstić information content (AvgIpc) is 3.27. The number of pyridine rings is 1. The van der Waals surface area contributed by atoms with Gasteiger partial charge in [0.2, 0.25) is 0 Å². The molecule has 0 aliphatic carbocycles. The number of anilines is 1. The predicted molar refractivity (Wildman–Crippen MR) is 179 cm³/mol. The number of hydrogen-bond acceptors (Lipinski definition) is 8. The van der Waals surface area contributed by atoms with Crippen molar-refractivity contribution in [2.24, 2.45) is 5.92 Å². The third kappa shape index (κ3) is 8.95. The van der Waals surface area contributed by atoms with Crippen LogP contribution in [0.5, 0.6) is 0 Å². The van der Waals surface area contributed by atoms with Gasteiger partial charge >= 0.3 is 5.97 Å².